The number of carbonyl (C=O) groups is 2. The monoisotopic (exact) mass is 265 g/mol. The Morgan fingerprint density at radius 2 is 1.67 bits per heavy atom. The quantitative estimate of drug-likeness (QED) is 0.769. The molecule has 3 nitrogen and oxygen atoms in total. The fourth-order valence-corrected chi connectivity index (χ4v) is 1.72. The molecule has 1 aromatic rings. The van der Waals surface area contributed by atoms with Crippen molar-refractivity contribution in [3.8, 4) is 0 Å². The first-order valence-electron chi connectivity index (χ1n) is 4.46. The maximum Gasteiger partial charge on any atom is 0.261 e. The average molecular weight is 266 g/mol. The van der Waals surface area contributed by atoms with Gasteiger partial charge in [-0.2, -0.15) is 0 Å². The summed E-state index contributed by atoms with van der Waals surface area (Å²) < 4.78 is 0. The van der Waals surface area contributed by atoms with Crippen molar-refractivity contribution in [2.75, 3.05) is 6.54 Å². The second kappa shape index (κ2) is 3.98. The molecule has 0 bridgehead atoms. The second-order valence-electron chi connectivity index (χ2n) is 3.13. The van der Waals surface area contributed by atoms with Gasteiger partial charge >= 0.3 is 0 Å². The molecule has 2 rings (SSSR count). The van der Waals surface area contributed by atoms with Gasteiger partial charge in [0, 0.05) is 6.54 Å². The minimum absolute atomic E-state index is 0.221. The van der Waals surface area contributed by atoms with Crippen molar-refractivity contribution in [3.63, 3.8) is 0 Å². The summed E-state index contributed by atoms with van der Waals surface area (Å²) in [7, 11) is 0. The lowest BCUT2D eigenvalue weighted by Crippen LogP contribution is -2.29. The molecule has 76 valence electrons. The predicted molar refractivity (Wildman–Crippen MR) is 59.9 cm³/mol. The molecule has 0 radical (unpaired) electrons. The van der Waals surface area contributed by atoms with Gasteiger partial charge < -0.3 is 0 Å². The topological polar surface area (TPSA) is 37.4 Å². The summed E-state index contributed by atoms with van der Waals surface area (Å²) in [5, 5.41) is 0. The van der Waals surface area contributed by atoms with Crippen LogP contribution in [0.1, 0.15) is 20.7 Å². The molecule has 0 aromatic heterocycles. The summed E-state index contributed by atoms with van der Waals surface area (Å²) >= 11 is 3.10. The molecule has 1 aliphatic heterocycles. The van der Waals surface area contributed by atoms with Gasteiger partial charge in [-0.25, -0.2) is 0 Å². The Hall–Kier alpha value is -1.42. The summed E-state index contributed by atoms with van der Waals surface area (Å²) in [6.07, 6.45) is 1.71. The molecule has 0 spiro atoms. The Bertz CT molecular complexity index is 419. The molecule has 15 heavy (non-hydrogen) atoms. The van der Waals surface area contributed by atoms with E-state index in [0.717, 1.165) is 0 Å². The van der Waals surface area contributed by atoms with E-state index in [9.17, 15) is 9.59 Å². The number of hydrogen-bond donors (Lipinski definition) is 0. The molecule has 0 saturated heterocycles. The van der Waals surface area contributed by atoms with Gasteiger partial charge in [-0.1, -0.05) is 34.1 Å². The third kappa shape index (κ3) is 1.61. The highest BCUT2D eigenvalue weighted by atomic mass is 79.9. The highest BCUT2D eigenvalue weighted by Gasteiger charge is 2.33. The number of rotatable bonds is 2. The number of halogens is 1. The van der Waals surface area contributed by atoms with Gasteiger partial charge in [0.25, 0.3) is 11.8 Å². The van der Waals surface area contributed by atoms with Crippen molar-refractivity contribution in [2.45, 2.75) is 0 Å². The van der Waals surface area contributed by atoms with Crippen LogP contribution in [-0.2, 0) is 0 Å². The van der Waals surface area contributed by atoms with Gasteiger partial charge in [-0.3, -0.25) is 14.5 Å². The van der Waals surface area contributed by atoms with Crippen molar-refractivity contribution in [3.05, 3.63) is 46.5 Å². The smallest absolute Gasteiger partial charge is 0.261 e. The maximum atomic E-state index is 11.8. The summed E-state index contributed by atoms with van der Waals surface area (Å²) in [4.78, 5) is 26.4. The molecule has 2 amide bonds. The molecule has 1 heterocycles. The molecule has 0 unspecified atom stereocenters. The molecule has 0 atom stereocenters. The zero-order valence-corrected chi connectivity index (χ0v) is 9.40. The molecule has 0 saturated carbocycles. The number of amides is 2. The van der Waals surface area contributed by atoms with Crippen LogP contribution in [0.3, 0.4) is 0 Å². The van der Waals surface area contributed by atoms with E-state index in [0.29, 0.717) is 17.7 Å². The van der Waals surface area contributed by atoms with Gasteiger partial charge in [-0.15, -0.1) is 0 Å². The van der Waals surface area contributed by atoms with E-state index in [1.165, 1.54) is 4.90 Å². The largest absolute Gasteiger partial charge is 0.270 e. The molecule has 0 aliphatic carbocycles. The first-order chi connectivity index (χ1) is 7.25. The van der Waals surface area contributed by atoms with Crippen LogP contribution in [0.2, 0.25) is 0 Å². The lowest BCUT2D eigenvalue weighted by molar-refractivity contribution is 0.0672. The average Bonchev–Trinajstić information content (AvgIpc) is 2.51. The number of fused-ring (bicyclic) bond motifs is 1. The van der Waals surface area contributed by atoms with Gasteiger partial charge in [0.1, 0.15) is 0 Å². The van der Waals surface area contributed by atoms with E-state index < -0.39 is 0 Å². The van der Waals surface area contributed by atoms with Gasteiger partial charge in [0.05, 0.1) is 11.1 Å². The number of hydrogen-bond acceptors (Lipinski definition) is 2. The van der Waals surface area contributed by atoms with Crippen LogP contribution in [0.15, 0.2) is 35.3 Å². The van der Waals surface area contributed by atoms with E-state index in [2.05, 4.69) is 15.9 Å². The summed E-state index contributed by atoms with van der Waals surface area (Å²) in [6, 6.07) is 6.86. The van der Waals surface area contributed by atoms with Crippen molar-refractivity contribution >= 4 is 27.7 Å². The van der Waals surface area contributed by atoms with Crippen LogP contribution in [-0.4, -0.2) is 23.3 Å². The maximum absolute atomic E-state index is 11.8. The minimum Gasteiger partial charge on any atom is -0.270 e. The Morgan fingerprint density at radius 3 is 2.13 bits per heavy atom. The fraction of sp³-hybridized carbons (Fsp3) is 0.0909. The van der Waals surface area contributed by atoms with Crippen LogP contribution in [0, 0.1) is 0 Å². The number of nitrogens with zero attached hydrogens (tertiary/aromatic N) is 1. The molecule has 4 heteroatoms. The number of benzene rings is 1. The van der Waals surface area contributed by atoms with Gasteiger partial charge in [-0.05, 0) is 17.1 Å². The predicted octanol–water partition coefficient (Wildman–Crippen LogP) is 2.19. The molecular formula is C11H8BrNO2. The van der Waals surface area contributed by atoms with Crippen molar-refractivity contribution in [1.82, 2.24) is 4.90 Å². The van der Waals surface area contributed by atoms with E-state index in [4.69, 9.17) is 0 Å². The molecule has 0 N–H and O–H groups in total. The van der Waals surface area contributed by atoms with Crippen LogP contribution in [0.4, 0.5) is 0 Å². The van der Waals surface area contributed by atoms with E-state index in [-0.39, 0.29) is 11.8 Å². The van der Waals surface area contributed by atoms with E-state index in [1.807, 2.05) is 0 Å². The van der Waals surface area contributed by atoms with Gasteiger partial charge in [0.15, 0.2) is 0 Å². The highest BCUT2D eigenvalue weighted by molar-refractivity contribution is 9.11. The third-order valence-corrected chi connectivity index (χ3v) is 2.63. The van der Waals surface area contributed by atoms with Gasteiger partial charge in [0.2, 0.25) is 0 Å². The minimum atomic E-state index is -0.221. The Labute approximate surface area is 95.5 Å². The van der Waals surface area contributed by atoms with Crippen LogP contribution in [0.25, 0.3) is 0 Å². The van der Waals surface area contributed by atoms with Crippen LogP contribution in [0.5, 0.6) is 0 Å². The Balaban J connectivity index is 2.37. The van der Waals surface area contributed by atoms with E-state index >= 15 is 0 Å². The van der Waals surface area contributed by atoms with Crippen LogP contribution < -0.4 is 0 Å². The van der Waals surface area contributed by atoms with Crippen LogP contribution >= 0.6 is 15.9 Å². The molecular weight excluding hydrogens is 258 g/mol. The normalized spacial score (nSPS) is 15.1. The second-order valence-corrected chi connectivity index (χ2v) is 3.66. The lowest BCUT2D eigenvalue weighted by atomic mass is 10.1. The van der Waals surface area contributed by atoms with E-state index in [1.54, 1.807) is 35.3 Å². The molecule has 1 aliphatic rings. The Kier molecular flexibility index (Phi) is 2.68. The standard InChI is InChI=1S/C11H8BrNO2/c12-6-3-7-13-10(14)8-4-1-2-5-9(8)11(13)15/h1-6H,7H2/b6-3+. The first-order valence-corrected chi connectivity index (χ1v) is 5.37. The summed E-state index contributed by atoms with van der Waals surface area (Å²) in [5.74, 6) is -0.442. The third-order valence-electron chi connectivity index (χ3n) is 2.26. The number of carbonyl (C=O) groups excluding carboxylic acids is 2. The zero-order chi connectivity index (χ0) is 10.8. The highest BCUT2D eigenvalue weighted by Crippen LogP contribution is 2.21. The number of imide groups is 1. The summed E-state index contributed by atoms with van der Waals surface area (Å²) in [5.41, 5.74) is 0.982. The molecule has 0 fully saturated rings. The fourth-order valence-electron chi connectivity index (χ4n) is 1.55. The van der Waals surface area contributed by atoms with Crippen molar-refractivity contribution in [1.29, 1.82) is 0 Å². The lowest BCUT2D eigenvalue weighted by Gasteiger charge is -2.09. The summed E-state index contributed by atoms with van der Waals surface area (Å²) in [6.45, 7) is 0.303. The molecule has 1 aromatic carbocycles. The Morgan fingerprint density at radius 1 is 1.13 bits per heavy atom. The SMILES string of the molecule is O=C1c2ccccc2C(=O)N1C/C=C/Br. The first kappa shape index (κ1) is 10.1. The van der Waals surface area contributed by atoms with Crippen molar-refractivity contribution in [2.24, 2.45) is 0 Å². The van der Waals surface area contributed by atoms with Crippen molar-refractivity contribution < 1.29 is 9.59 Å². The zero-order valence-electron chi connectivity index (χ0n) is 7.81.